The number of ether oxygens (including phenoxy) is 1. The summed E-state index contributed by atoms with van der Waals surface area (Å²) < 4.78 is 4.91. The first-order chi connectivity index (χ1) is 6.27. The standard InChI is InChI=1S/C9H11NO3.ClH/c1-12-9-5-7(6-10-13-2)3-4-8(9)11;/h3-6,11H,1-2H3;1H. The summed E-state index contributed by atoms with van der Waals surface area (Å²) in [6.07, 6.45) is 1.53. The smallest absolute Gasteiger partial charge is 0.161 e. The van der Waals surface area contributed by atoms with Crippen molar-refractivity contribution in [3.8, 4) is 11.5 Å². The lowest BCUT2D eigenvalue weighted by atomic mass is 10.2. The lowest BCUT2D eigenvalue weighted by Crippen LogP contribution is -1.87. The van der Waals surface area contributed by atoms with E-state index in [1.807, 2.05) is 0 Å². The van der Waals surface area contributed by atoms with E-state index < -0.39 is 0 Å². The van der Waals surface area contributed by atoms with Crippen LogP contribution < -0.4 is 4.74 Å². The maximum atomic E-state index is 9.26. The Bertz CT molecular complexity index is 315. The van der Waals surface area contributed by atoms with Gasteiger partial charge in [-0.2, -0.15) is 0 Å². The van der Waals surface area contributed by atoms with E-state index in [9.17, 15) is 5.11 Å². The Morgan fingerprint density at radius 2 is 2.07 bits per heavy atom. The molecule has 1 rings (SSSR count). The molecule has 0 amide bonds. The number of methoxy groups -OCH3 is 1. The minimum atomic E-state index is 0. The van der Waals surface area contributed by atoms with Gasteiger partial charge in [0.15, 0.2) is 11.5 Å². The number of rotatable bonds is 3. The molecular weight excluding hydrogens is 206 g/mol. The van der Waals surface area contributed by atoms with Crippen molar-refractivity contribution in [2.24, 2.45) is 5.16 Å². The maximum Gasteiger partial charge on any atom is 0.161 e. The molecule has 78 valence electrons. The van der Waals surface area contributed by atoms with Crippen molar-refractivity contribution in [3.05, 3.63) is 23.8 Å². The molecule has 0 saturated heterocycles. The second-order valence-electron chi connectivity index (χ2n) is 2.35. The summed E-state index contributed by atoms with van der Waals surface area (Å²) in [5.74, 6) is 0.525. The Hall–Kier alpha value is -1.42. The van der Waals surface area contributed by atoms with Crippen LogP contribution >= 0.6 is 12.4 Å². The van der Waals surface area contributed by atoms with Crippen molar-refractivity contribution >= 4 is 18.6 Å². The molecule has 0 fully saturated rings. The van der Waals surface area contributed by atoms with Crippen LogP contribution in [0.1, 0.15) is 5.56 Å². The van der Waals surface area contributed by atoms with Crippen LogP contribution in [0.2, 0.25) is 0 Å². The van der Waals surface area contributed by atoms with Crippen LogP contribution in [-0.4, -0.2) is 25.5 Å². The summed E-state index contributed by atoms with van der Waals surface area (Å²) in [4.78, 5) is 4.52. The maximum absolute atomic E-state index is 9.26. The van der Waals surface area contributed by atoms with Gasteiger partial charge in [-0.25, -0.2) is 0 Å². The van der Waals surface area contributed by atoms with Crippen molar-refractivity contribution in [2.45, 2.75) is 0 Å². The lowest BCUT2D eigenvalue weighted by molar-refractivity contribution is 0.215. The van der Waals surface area contributed by atoms with E-state index in [4.69, 9.17) is 4.74 Å². The van der Waals surface area contributed by atoms with E-state index in [0.717, 1.165) is 5.56 Å². The van der Waals surface area contributed by atoms with Gasteiger partial charge in [-0.3, -0.25) is 0 Å². The normalized spacial score (nSPS) is 9.57. The van der Waals surface area contributed by atoms with Crippen LogP contribution in [0.5, 0.6) is 11.5 Å². The van der Waals surface area contributed by atoms with Crippen molar-refractivity contribution in [1.29, 1.82) is 0 Å². The fourth-order valence-corrected chi connectivity index (χ4v) is 0.888. The highest BCUT2D eigenvalue weighted by Crippen LogP contribution is 2.25. The fraction of sp³-hybridized carbons (Fsp3) is 0.222. The summed E-state index contributed by atoms with van der Waals surface area (Å²) in [6, 6.07) is 4.91. The number of aromatic hydroxyl groups is 1. The van der Waals surface area contributed by atoms with Gasteiger partial charge in [-0.05, 0) is 18.2 Å². The molecule has 5 heteroatoms. The minimum Gasteiger partial charge on any atom is -0.504 e. The molecule has 0 aliphatic carbocycles. The molecule has 4 nitrogen and oxygen atoms in total. The van der Waals surface area contributed by atoms with Gasteiger partial charge >= 0.3 is 0 Å². The van der Waals surface area contributed by atoms with Gasteiger partial charge in [-0.1, -0.05) is 5.16 Å². The third-order valence-corrected chi connectivity index (χ3v) is 1.51. The molecule has 0 spiro atoms. The fourth-order valence-electron chi connectivity index (χ4n) is 0.888. The Morgan fingerprint density at radius 1 is 1.36 bits per heavy atom. The second kappa shape index (κ2) is 6.10. The highest BCUT2D eigenvalue weighted by Gasteiger charge is 2.00. The molecule has 1 aromatic rings. The number of halogens is 1. The van der Waals surface area contributed by atoms with E-state index in [1.54, 1.807) is 12.1 Å². The number of phenols is 1. The third-order valence-electron chi connectivity index (χ3n) is 1.51. The molecule has 1 aromatic carbocycles. The van der Waals surface area contributed by atoms with Gasteiger partial charge in [0.05, 0.1) is 13.3 Å². The Balaban J connectivity index is 0.00000169. The number of nitrogens with zero attached hydrogens (tertiary/aromatic N) is 1. The molecule has 0 radical (unpaired) electrons. The topological polar surface area (TPSA) is 51.0 Å². The summed E-state index contributed by atoms with van der Waals surface area (Å²) in [5, 5.41) is 12.8. The third kappa shape index (κ3) is 3.14. The van der Waals surface area contributed by atoms with Gasteiger partial charge < -0.3 is 14.7 Å². The van der Waals surface area contributed by atoms with Gasteiger partial charge in [0.25, 0.3) is 0 Å². The molecule has 1 N–H and O–H groups in total. The average molecular weight is 218 g/mol. The summed E-state index contributed by atoms with van der Waals surface area (Å²) in [5.41, 5.74) is 0.802. The summed E-state index contributed by atoms with van der Waals surface area (Å²) in [6.45, 7) is 0. The van der Waals surface area contributed by atoms with E-state index in [2.05, 4.69) is 9.99 Å². The molecule has 14 heavy (non-hydrogen) atoms. The van der Waals surface area contributed by atoms with E-state index in [0.29, 0.717) is 5.75 Å². The van der Waals surface area contributed by atoms with Crippen molar-refractivity contribution < 1.29 is 14.7 Å². The predicted molar refractivity (Wildman–Crippen MR) is 56.5 cm³/mol. The molecule has 0 atom stereocenters. The van der Waals surface area contributed by atoms with Gasteiger partial charge in [0.2, 0.25) is 0 Å². The molecule has 0 saturated carbocycles. The van der Waals surface area contributed by atoms with Crippen LogP contribution in [-0.2, 0) is 4.84 Å². The minimum absolute atomic E-state index is 0. The van der Waals surface area contributed by atoms with E-state index in [1.165, 1.54) is 26.5 Å². The highest BCUT2D eigenvalue weighted by molar-refractivity contribution is 5.85. The van der Waals surface area contributed by atoms with Crippen LogP contribution in [0.3, 0.4) is 0 Å². The lowest BCUT2D eigenvalue weighted by Gasteiger charge is -2.02. The van der Waals surface area contributed by atoms with Gasteiger partial charge in [0, 0.05) is 5.56 Å². The summed E-state index contributed by atoms with van der Waals surface area (Å²) >= 11 is 0. The molecule has 0 aromatic heterocycles. The zero-order valence-corrected chi connectivity index (χ0v) is 8.75. The van der Waals surface area contributed by atoms with Crippen LogP contribution in [0.4, 0.5) is 0 Å². The SMILES string of the molecule is CON=Cc1ccc(O)c(OC)c1.Cl. The number of phenolic OH excluding ortho intramolecular Hbond substituents is 1. The van der Waals surface area contributed by atoms with Gasteiger partial charge in [-0.15, -0.1) is 12.4 Å². The van der Waals surface area contributed by atoms with Crippen LogP contribution in [0.15, 0.2) is 23.4 Å². The first-order valence-corrected chi connectivity index (χ1v) is 3.71. The molecule has 0 aliphatic rings. The quantitative estimate of drug-likeness (QED) is 0.621. The zero-order valence-electron chi connectivity index (χ0n) is 7.93. The van der Waals surface area contributed by atoms with E-state index >= 15 is 0 Å². The largest absolute Gasteiger partial charge is 0.504 e. The van der Waals surface area contributed by atoms with Crippen molar-refractivity contribution in [1.82, 2.24) is 0 Å². The molecule has 0 heterocycles. The zero-order chi connectivity index (χ0) is 9.68. The highest BCUT2D eigenvalue weighted by atomic mass is 35.5. The van der Waals surface area contributed by atoms with E-state index in [-0.39, 0.29) is 18.2 Å². The predicted octanol–water partition coefficient (Wildman–Crippen LogP) is 1.80. The molecule has 0 aliphatic heterocycles. The Labute approximate surface area is 88.6 Å². The first-order valence-electron chi connectivity index (χ1n) is 3.71. The number of hydrogen-bond donors (Lipinski definition) is 1. The molecule has 0 bridgehead atoms. The Kier molecular flexibility index (Phi) is 5.48. The Morgan fingerprint density at radius 3 is 2.64 bits per heavy atom. The second-order valence-corrected chi connectivity index (χ2v) is 2.35. The molecule has 0 unspecified atom stereocenters. The monoisotopic (exact) mass is 217 g/mol. The van der Waals surface area contributed by atoms with Crippen molar-refractivity contribution in [3.63, 3.8) is 0 Å². The van der Waals surface area contributed by atoms with Crippen LogP contribution in [0.25, 0.3) is 0 Å². The van der Waals surface area contributed by atoms with Crippen LogP contribution in [0, 0.1) is 0 Å². The number of oxime groups is 1. The number of benzene rings is 1. The summed E-state index contributed by atoms with van der Waals surface area (Å²) in [7, 11) is 2.96. The molecular formula is C9H12ClNO3. The van der Waals surface area contributed by atoms with Gasteiger partial charge in [0.1, 0.15) is 7.11 Å². The first kappa shape index (κ1) is 12.6. The van der Waals surface area contributed by atoms with Crippen molar-refractivity contribution in [2.75, 3.05) is 14.2 Å². The average Bonchev–Trinajstić information content (AvgIpc) is 2.16. The number of hydrogen-bond acceptors (Lipinski definition) is 4.